The molecule has 140 valence electrons. The summed E-state index contributed by atoms with van der Waals surface area (Å²) in [6.45, 7) is -0.0190. The Labute approximate surface area is 159 Å². The van der Waals surface area contributed by atoms with E-state index >= 15 is 0 Å². The van der Waals surface area contributed by atoms with Gasteiger partial charge in [-0.3, -0.25) is 4.79 Å². The Hall–Kier alpha value is -3.77. The first-order chi connectivity index (χ1) is 13.5. The minimum Gasteiger partial charge on any atom is -0.504 e. The molecule has 0 spiro atoms. The van der Waals surface area contributed by atoms with E-state index in [2.05, 4.69) is 0 Å². The van der Waals surface area contributed by atoms with Gasteiger partial charge in [0.25, 0.3) is 0 Å². The zero-order chi connectivity index (χ0) is 19.8. The van der Waals surface area contributed by atoms with E-state index in [9.17, 15) is 20.1 Å². The van der Waals surface area contributed by atoms with Crippen molar-refractivity contribution in [3.8, 4) is 28.4 Å². The molecule has 0 unspecified atom stereocenters. The lowest BCUT2D eigenvalue weighted by Crippen LogP contribution is -1.99. The summed E-state index contributed by atoms with van der Waals surface area (Å²) >= 11 is 0. The molecule has 0 aliphatic heterocycles. The number of hydrogen-bond acceptors (Lipinski definition) is 6. The zero-order valence-electron chi connectivity index (χ0n) is 14.6. The second-order valence-electron chi connectivity index (χ2n) is 6.41. The Balaban J connectivity index is 1.70. The summed E-state index contributed by atoms with van der Waals surface area (Å²) in [5, 5.41) is 38.5. The number of phenolic OH excluding ortho intramolecular Hbond substituents is 3. The highest BCUT2D eigenvalue weighted by atomic mass is 16.3. The average molecular weight is 376 g/mol. The molecule has 0 aliphatic carbocycles. The fourth-order valence-corrected chi connectivity index (χ4v) is 3.01. The Morgan fingerprint density at radius 2 is 1.46 bits per heavy atom. The van der Waals surface area contributed by atoms with Crippen LogP contribution in [0.25, 0.3) is 22.1 Å². The Morgan fingerprint density at radius 3 is 2.11 bits per heavy atom. The standard InChI is InChI=1S/C22H16O6/c23-11-12-1-3-13(4-2-12)14-5-6-19-15(7-14)10-20(28-19)21(26)16-8-17(24)22(27)18(25)9-16/h1-10,23-25,27H,11H2. The lowest BCUT2D eigenvalue weighted by Gasteiger charge is -2.03. The number of ketones is 1. The van der Waals surface area contributed by atoms with Crippen LogP contribution in [0.15, 0.2) is 65.1 Å². The van der Waals surface area contributed by atoms with Crippen molar-refractivity contribution in [3.63, 3.8) is 0 Å². The number of rotatable bonds is 4. The molecule has 1 heterocycles. The third kappa shape index (κ3) is 3.06. The van der Waals surface area contributed by atoms with Gasteiger partial charge >= 0.3 is 0 Å². The third-order valence-electron chi connectivity index (χ3n) is 4.54. The molecule has 0 aliphatic rings. The van der Waals surface area contributed by atoms with Crippen LogP contribution in [0.1, 0.15) is 21.7 Å². The maximum absolute atomic E-state index is 12.6. The molecular weight excluding hydrogens is 360 g/mol. The van der Waals surface area contributed by atoms with Crippen molar-refractivity contribution in [2.45, 2.75) is 6.61 Å². The summed E-state index contributed by atoms with van der Waals surface area (Å²) in [5.74, 6) is -2.35. The summed E-state index contributed by atoms with van der Waals surface area (Å²) in [4.78, 5) is 12.6. The number of aromatic hydroxyl groups is 3. The summed E-state index contributed by atoms with van der Waals surface area (Å²) in [6.07, 6.45) is 0. The van der Waals surface area contributed by atoms with Gasteiger partial charge < -0.3 is 24.8 Å². The Bertz CT molecular complexity index is 1160. The van der Waals surface area contributed by atoms with E-state index in [-0.39, 0.29) is 17.9 Å². The highest BCUT2D eigenvalue weighted by Crippen LogP contribution is 2.36. The number of hydrogen-bond donors (Lipinski definition) is 4. The van der Waals surface area contributed by atoms with Gasteiger partial charge in [-0.15, -0.1) is 0 Å². The summed E-state index contributed by atoms with van der Waals surface area (Å²) in [5.41, 5.74) is 3.22. The quantitative estimate of drug-likeness (QED) is 0.317. The van der Waals surface area contributed by atoms with Gasteiger partial charge in [0.1, 0.15) is 5.58 Å². The van der Waals surface area contributed by atoms with Crippen molar-refractivity contribution < 1.29 is 29.6 Å². The van der Waals surface area contributed by atoms with Gasteiger partial charge in [-0.2, -0.15) is 0 Å². The van der Waals surface area contributed by atoms with E-state index in [1.165, 1.54) is 0 Å². The molecule has 1 aromatic heterocycles. The molecule has 6 heteroatoms. The average Bonchev–Trinajstić information content (AvgIpc) is 3.14. The minimum atomic E-state index is -0.682. The number of furan rings is 1. The second-order valence-corrected chi connectivity index (χ2v) is 6.41. The first-order valence-electron chi connectivity index (χ1n) is 8.49. The highest BCUT2D eigenvalue weighted by Gasteiger charge is 2.19. The lowest BCUT2D eigenvalue weighted by molar-refractivity contribution is 0.101. The van der Waals surface area contributed by atoms with Crippen LogP contribution in [0.3, 0.4) is 0 Å². The van der Waals surface area contributed by atoms with Crippen LogP contribution < -0.4 is 0 Å². The largest absolute Gasteiger partial charge is 0.504 e. The summed E-state index contributed by atoms with van der Waals surface area (Å²) in [7, 11) is 0. The molecule has 3 aromatic carbocycles. The molecule has 0 bridgehead atoms. The summed E-state index contributed by atoms with van der Waals surface area (Å²) < 4.78 is 5.61. The van der Waals surface area contributed by atoms with E-state index in [1.807, 2.05) is 36.4 Å². The normalized spacial score (nSPS) is 11.0. The minimum absolute atomic E-state index is 0.00771. The molecule has 0 radical (unpaired) electrons. The number of phenols is 3. The molecule has 0 saturated carbocycles. The van der Waals surface area contributed by atoms with Gasteiger partial charge in [-0.1, -0.05) is 30.3 Å². The molecule has 4 N–H and O–H groups in total. The van der Waals surface area contributed by atoms with Gasteiger partial charge in [-0.25, -0.2) is 0 Å². The fourth-order valence-electron chi connectivity index (χ4n) is 3.01. The fraction of sp³-hybridized carbons (Fsp3) is 0.0455. The van der Waals surface area contributed by atoms with Crippen molar-refractivity contribution in [2.24, 2.45) is 0 Å². The second kappa shape index (κ2) is 6.75. The smallest absolute Gasteiger partial charge is 0.228 e. The molecule has 4 aromatic rings. The van der Waals surface area contributed by atoms with Crippen LogP contribution in [-0.4, -0.2) is 26.2 Å². The van der Waals surface area contributed by atoms with Crippen LogP contribution in [0.4, 0.5) is 0 Å². The van der Waals surface area contributed by atoms with Gasteiger partial charge in [0, 0.05) is 10.9 Å². The van der Waals surface area contributed by atoms with Crippen molar-refractivity contribution in [3.05, 3.63) is 77.6 Å². The van der Waals surface area contributed by atoms with Gasteiger partial charge in [0.05, 0.1) is 6.61 Å². The zero-order valence-corrected chi connectivity index (χ0v) is 14.6. The number of aliphatic hydroxyl groups is 1. The van der Waals surface area contributed by atoms with Crippen LogP contribution in [0.5, 0.6) is 17.2 Å². The van der Waals surface area contributed by atoms with Crippen LogP contribution in [-0.2, 0) is 6.61 Å². The number of carbonyl (C=O) groups excluding carboxylic acids is 1. The Morgan fingerprint density at radius 1 is 0.821 bits per heavy atom. The van der Waals surface area contributed by atoms with Gasteiger partial charge in [0.2, 0.25) is 5.78 Å². The van der Waals surface area contributed by atoms with Crippen molar-refractivity contribution in [1.82, 2.24) is 0 Å². The van der Waals surface area contributed by atoms with E-state index in [4.69, 9.17) is 9.52 Å². The predicted molar refractivity (Wildman–Crippen MR) is 102 cm³/mol. The molecular formula is C22H16O6. The Kier molecular flexibility index (Phi) is 4.25. The summed E-state index contributed by atoms with van der Waals surface area (Å²) in [6, 6.07) is 16.7. The van der Waals surface area contributed by atoms with E-state index in [0.29, 0.717) is 5.58 Å². The SMILES string of the molecule is O=C(c1cc(O)c(O)c(O)c1)c1cc2cc(-c3ccc(CO)cc3)ccc2o1. The molecule has 0 amide bonds. The monoisotopic (exact) mass is 376 g/mol. The van der Waals surface area contributed by atoms with Crippen molar-refractivity contribution in [1.29, 1.82) is 0 Å². The van der Waals surface area contributed by atoms with E-state index in [1.54, 1.807) is 12.1 Å². The van der Waals surface area contributed by atoms with Crippen LogP contribution in [0.2, 0.25) is 0 Å². The lowest BCUT2D eigenvalue weighted by atomic mass is 10.0. The molecule has 0 fully saturated rings. The van der Waals surface area contributed by atoms with Gasteiger partial charge in [0.15, 0.2) is 23.0 Å². The van der Waals surface area contributed by atoms with Crippen molar-refractivity contribution >= 4 is 16.8 Å². The first-order valence-corrected chi connectivity index (χ1v) is 8.49. The third-order valence-corrected chi connectivity index (χ3v) is 4.54. The molecule has 0 saturated heterocycles. The molecule has 6 nitrogen and oxygen atoms in total. The van der Waals surface area contributed by atoms with E-state index in [0.717, 1.165) is 34.2 Å². The maximum atomic E-state index is 12.6. The van der Waals surface area contributed by atoms with Crippen LogP contribution >= 0.6 is 0 Å². The highest BCUT2D eigenvalue weighted by molar-refractivity contribution is 6.09. The van der Waals surface area contributed by atoms with Gasteiger partial charge in [-0.05, 0) is 47.0 Å². The maximum Gasteiger partial charge on any atom is 0.228 e. The number of aliphatic hydroxyl groups excluding tert-OH is 1. The number of carbonyl (C=O) groups is 1. The first kappa shape index (κ1) is 17.6. The van der Waals surface area contributed by atoms with Crippen molar-refractivity contribution in [2.75, 3.05) is 0 Å². The number of benzene rings is 3. The molecule has 28 heavy (non-hydrogen) atoms. The topological polar surface area (TPSA) is 111 Å². The molecule has 4 rings (SSSR count). The number of fused-ring (bicyclic) bond motifs is 1. The van der Waals surface area contributed by atoms with E-state index < -0.39 is 23.0 Å². The molecule has 0 atom stereocenters. The predicted octanol–water partition coefficient (Wildman–Crippen LogP) is 3.94. The van der Waals surface area contributed by atoms with Crippen LogP contribution in [0, 0.1) is 0 Å².